The van der Waals surface area contributed by atoms with Crippen LogP contribution in [-0.2, 0) is 0 Å². The molecule has 2 aromatic rings. The van der Waals surface area contributed by atoms with Crippen LogP contribution in [0.4, 0.5) is 10.1 Å². The van der Waals surface area contributed by atoms with E-state index in [2.05, 4.69) is 4.98 Å². The maximum absolute atomic E-state index is 12.8. The van der Waals surface area contributed by atoms with Gasteiger partial charge >= 0.3 is 0 Å². The summed E-state index contributed by atoms with van der Waals surface area (Å²) in [6.45, 7) is 0. The first-order valence-electron chi connectivity index (χ1n) is 4.78. The van der Waals surface area contributed by atoms with Crippen molar-refractivity contribution in [3.05, 3.63) is 48.0 Å². The molecule has 1 aromatic carbocycles. The number of anilines is 1. The van der Waals surface area contributed by atoms with Crippen LogP contribution in [0.2, 0.25) is 0 Å². The van der Waals surface area contributed by atoms with Crippen LogP contribution in [0, 0.1) is 17.1 Å². The molecular formula is C12H8FN3O. The number of hydrogen-bond donors (Lipinski definition) is 1. The number of pyridine rings is 1. The number of nitrogens with two attached hydrogens (primary N) is 1. The highest BCUT2D eigenvalue weighted by atomic mass is 19.1. The molecule has 0 aliphatic heterocycles. The third-order valence-electron chi connectivity index (χ3n) is 2.05. The summed E-state index contributed by atoms with van der Waals surface area (Å²) in [7, 11) is 0. The fraction of sp³-hybridized carbons (Fsp3) is 0. The van der Waals surface area contributed by atoms with Gasteiger partial charge in [0.2, 0.25) is 0 Å². The van der Waals surface area contributed by atoms with Crippen LogP contribution >= 0.6 is 0 Å². The summed E-state index contributed by atoms with van der Waals surface area (Å²) in [5, 5.41) is 8.58. The van der Waals surface area contributed by atoms with Gasteiger partial charge in [-0.1, -0.05) is 0 Å². The van der Waals surface area contributed by atoms with Crippen molar-refractivity contribution >= 4 is 5.69 Å². The van der Waals surface area contributed by atoms with E-state index in [-0.39, 0.29) is 5.69 Å². The zero-order valence-corrected chi connectivity index (χ0v) is 8.72. The van der Waals surface area contributed by atoms with Gasteiger partial charge in [-0.2, -0.15) is 5.26 Å². The predicted molar refractivity (Wildman–Crippen MR) is 59.8 cm³/mol. The summed E-state index contributed by atoms with van der Waals surface area (Å²) in [6, 6.07) is 8.87. The van der Waals surface area contributed by atoms with E-state index < -0.39 is 5.82 Å². The van der Waals surface area contributed by atoms with Crippen molar-refractivity contribution in [2.75, 3.05) is 5.73 Å². The van der Waals surface area contributed by atoms with Crippen molar-refractivity contribution in [3.63, 3.8) is 0 Å². The number of rotatable bonds is 2. The molecule has 0 aliphatic carbocycles. The first-order chi connectivity index (χ1) is 8.19. The van der Waals surface area contributed by atoms with Gasteiger partial charge in [-0.15, -0.1) is 0 Å². The average Bonchev–Trinajstić information content (AvgIpc) is 2.34. The van der Waals surface area contributed by atoms with Gasteiger partial charge in [0.05, 0.1) is 11.9 Å². The normalized spacial score (nSPS) is 9.65. The Kier molecular flexibility index (Phi) is 2.88. The second-order valence-electron chi connectivity index (χ2n) is 3.28. The van der Waals surface area contributed by atoms with Crippen LogP contribution in [0.1, 0.15) is 5.69 Å². The van der Waals surface area contributed by atoms with Crippen molar-refractivity contribution in [1.82, 2.24) is 4.98 Å². The molecule has 0 fully saturated rings. The van der Waals surface area contributed by atoms with Crippen molar-refractivity contribution < 1.29 is 9.13 Å². The molecular weight excluding hydrogens is 221 g/mol. The van der Waals surface area contributed by atoms with Crippen LogP contribution in [0.3, 0.4) is 0 Å². The predicted octanol–water partition coefficient (Wildman–Crippen LogP) is 2.47. The lowest BCUT2D eigenvalue weighted by Crippen LogP contribution is -1.93. The van der Waals surface area contributed by atoms with Gasteiger partial charge in [0.1, 0.15) is 23.3 Å². The summed E-state index contributed by atoms with van der Waals surface area (Å²) >= 11 is 0. The first-order valence-corrected chi connectivity index (χ1v) is 4.78. The molecule has 0 radical (unpaired) electrons. The Hall–Kier alpha value is -2.61. The fourth-order valence-corrected chi connectivity index (χ4v) is 1.25. The van der Waals surface area contributed by atoms with E-state index in [4.69, 9.17) is 15.7 Å². The van der Waals surface area contributed by atoms with E-state index in [1.807, 2.05) is 6.07 Å². The number of benzene rings is 1. The molecule has 1 heterocycles. The van der Waals surface area contributed by atoms with Gasteiger partial charge in [-0.3, -0.25) is 0 Å². The van der Waals surface area contributed by atoms with Crippen molar-refractivity contribution in [3.8, 4) is 17.6 Å². The van der Waals surface area contributed by atoms with Gasteiger partial charge in [-0.05, 0) is 24.3 Å². The number of nitriles is 1. The number of aromatic nitrogens is 1. The molecule has 0 saturated carbocycles. The van der Waals surface area contributed by atoms with E-state index in [1.54, 1.807) is 6.07 Å². The number of ether oxygens (including phenoxy) is 1. The molecule has 2 N–H and O–H groups in total. The zero-order chi connectivity index (χ0) is 12.3. The first kappa shape index (κ1) is 10.9. The Morgan fingerprint density at radius 3 is 2.71 bits per heavy atom. The maximum Gasteiger partial charge on any atom is 0.150 e. The fourth-order valence-electron chi connectivity index (χ4n) is 1.25. The highest BCUT2D eigenvalue weighted by Crippen LogP contribution is 2.27. The Morgan fingerprint density at radius 2 is 2.12 bits per heavy atom. The smallest absolute Gasteiger partial charge is 0.150 e. The van der Waals surface area contributed by atoms with E-state index in [9.17, 15) is 4.39 Å². The molecule has 17 heavy (non-hydrogen) atoms. The van der Waals surface area contributed by atoms with Crippen LogP contribution in [0.5, 0.6) is 11.5 Å². The van der Waals surface area contributed by atoms with Gasteiger partial charge in [-0.25, -0.2) is 9.37 Å². The number of nitrogens with zero attached hydrogens (tertiary/aromatic N) is 2. The molecule has 0 saturated heterocycles. The second-order valence-corrected chi connectivity index (χ2v) is 3.28. The Morgan fingerprint density at radius 1 is 1.29 bits per heavy atom. The van der Waals surface area contributed by atoms with Gasteiger partial charge in [0, 0.05) is 6.07 Å². The minimum atomic E-state index is -0.423. The highest BCUT2D eigenvalue weighted by molar-refractivity contribution is 5.53. The maximum atomic E-state index is 12.8. The molecule has 4 nitrogen and oxygen atoms in total. The van der Waals surface area contributed by atoms with Crippen molar-refractivity contribution in [1.29, 1.82) is 5.26 Å². The molecule has 0 spiro atoms. The summed E-state index contributed by atoms with van der Waals surface area (Å²) in [5.74, 6) is 0.355. The molecule has 0 atom stereocenters. The quantitative estimate of drug-likeness (QED) is 0.803. The molecule has 0 unspecified atom stereocenters. The standard InChI is InChI=1S/C12H8FN3O/c13-8-1-4-12(11(15)5-8)17-10-3-2-9(6-14)16-7-10/h1-5,7H,15H2. The second kappa shape index (κ2) is 4.49. The van der Waals surface area contributed by atoms with Crippen LogP contribution < -0.4 is 10.5 Å². The van der Waals surface area contributed by atoms with E-state index in [0.29, 0.717) is 17.2 Å². The molecule has 2 rings (SSSR count). The molecule has 84 valence electrons. The third-order valence-corrected chi connectivity index (χ3v) is 2.05. The highest BCUT2D eigenvalue weighted by Gasteiger charge is 2.04. The largest absolute Gasteiger partial charge is 0.454 e. The summed E-state index contributed by atoms with van der Waals surface area (Å²) in [5.41, 5.74) is 6.09. The van der Waals surface area contributed by atoms with Crippen molar-refractivity contribution in [2.24, 2.45) is 0 Å². The molecule has 0 aliphatic rings. The molecule has 0 amide bonds. The third kappa shape index (κ3) is 2.49. The average molecular weight is 229 g/mol. The van der Waals surface area contributed by atoms with Crippen LogP contribution in [0.15, 0.2) is 36.5 Å². The minimum Gasteiger partial charge on any atom is -0.454 e. The number of hydrogen-bond acceptors (Lipinski definition) is 4. The van der Waals surface area contributed by atoms with Gasteiger partial charge in [0.15, 0.2) is 5.75 Å². The van der Waals surface area contributed by atoms with E-state index >= 15 is 0 Å². The Labute approximate surface area is 97.1 Å². The topological polar surface area (TPSA) is 71.9 Å². The molecule has 0 bridgehead atoms. The summed E-state index contributed by atoms with van der Waals surface area (Å²) < 4.78 is 18.2. The lowest BCUT2D eigenvalue weighted by atomic mass is 10.3. The zero-order valence-electron chi connectivity index (χ0n) is 8.72. The summed E-state index contributed by atoms with van der Waals surface area (Å²) in [4.78, 5) is 3.84. The van der Waals surface area contributed by atoms with Gasteiger partial charge in [0.25, 0.3) is 0 Å². The summed E-state index contributed by atoms with van der Waals surface area (Å²) in [6.07, 6.45) is 1.40. The minimum absolute atomic E-state index is 0.203. The van der Waals surface area contributed by atoms with Crippen LogP contribution in [-0.4, -0.2) is 4.98 Å². The Bertz CT molecular complexity index is 575. The van der Waals surface area contributed by atoms with E-state index in [1.165, 1.54) is 30.5 Å². The Balaban J connectivity index is 2.23. The van der Waals surface area contributed by atoms with Gasteiger partial charge < -0.3 is 10.5 Å². The monoisotopic (exact) mass is 229 g/mol. The number of nitrogen functional groups attached to an aromatic ring is 1. The number of halogens is 1. The molecule has 1 aromatic heterocycles. The van der Waals surface area contributed by atoms with Crippen molar-refractivity contribution in [2.45, 2.75) is 0 Å². The lowest BCUT2D eigenvalue weighted by molar-refractivity contribution is 0.480. The van der Waals surface area contributed by atoms with Crippen LogP contribution in [0.25, 0.3) is 0 Å². The lowest BCUT2D eigenvalue weighted by Gasteiger charge is -2.07. The molecule has 5 heteroatoms. The SMILES string of the molecule is N#Cc1ccc(Oc2ccc(F)cc2N)cn1. The van der Waals surface area contributed by atoms with E-state index in [0.717, 1.165) is 0 Å².